The summed E-state index contributed by atoms with van der Waals surface area (Å²) in [6.07, 6.45) is -4.39. The number of carbonyl (C=O) groups excluding carboxylic acids is 1. The predicted molar refractivity (Wildman–Crippen MR) is 115 cm³/mol. The molecule has 0 aromatic heterocycles. The number of piperazine rings is 1. The highest BCUT2D eigenvalue weighted by molar-refractivity contribution is 7.82. The van der Waals surface area contributed by atoms with Gasteiger partial charge in [-0.25, -0.2) is 8.51 Å². The Kier molecular flexibility index (Phi) is 7.95. The molecule has 0 bridgehead atoms. The van der Waals surface area contributed by atoms with E-state index in [1.807, 2.05) is 4.90 Å². The van der Waals surface area contributed by atoms with Crippen molar-refractivity contribution in [2.75, 3.05) is 51.8 Å². The van der Waals surface area contributed by atoms with Crippen molar-refractivity contribution in [3.05, 3.63) is 47.5 Å². The number of nitrogens with zero attached hydrogens (tertiary/aromatic N) is 2. The molecule has 33 heavy (non-hydrogen) atoms. The molecule has 180 valence electrons. The zero-order chi connectivity index (χ0) is 24.2. The Morgan fingerprint density at radius 1 is 1.06 bits per heavy atom. The van der Waals surface area contributed by atoms with Crippen molar-refractivity contribution in [1.82, 2.24) is 9.79 Å². The maximum Gasteiger partial charge on any atom is 0.416 e. The monoisotopic (exact) mass is 487 g/mol. The van der Waals surface area contributed by atoms with Crippen LogP contribution in [0, 0.1) is 0 Å². The van der Waals surface area contributed by atoms with Gasteiger partial charge in [0.05, 0.1) is 36.8 Å². The Morgan fingerprint density at radius 2 is 1.70 bits per heavy atom. The summed E-state index contributed by atoms with van der Waals surface area (Å²) < 4.78 is 64.0. The van der Waals surface area contributed by atoms with Crippen LogP contribution in [0.4, 0.5) is 18.9 Å². The molecule has 1 unspecified atom stereocenters. The first kappa shape index (κ1) is 25.0. The minimum Gasteiger partial charge on any atom is -0.493 e. The fourth-order valence-corrected chi connectivity index (χ4v) is 4.93. The average molecular weight is 488 g/mol. The number of carbonyl (C=O) groups is 1. The number of ether oxygens (including phenoxy) is 2. The second kappa shape index (κ2) is 10.5. The highest BCUT2D eigenvalue weighted by Crippen LogP contribution is 2.36. The molecule has 12 heteroatoms. The van der Waals surface area contributed by atoms with Gasteiger partial charge in [0.1, 0.15) is 11.0 Å². The van der Waals surface area contributed by atoms with Crippen molar-refractivity contribution in [2.45, 2.75) is 11.1 Å². The molecule has 1 fully saturated rings. The molecule has 8 nitrogen and oxygen atoms in total. The molecule has 1 heterocycles. The maximum atomic E-state index is 13.4. The molecule has 1 saturated heterocycles. The Morgan fingerprint density at radius 3 is 2.21 bits per heavy atom. The van der Waals surface area contributed by atoms with E-state index < -0.39 is 35.1 Å². The normalized spacial score (nSPS) is 15.9. The van der Waals surface area contributed by atoms with Gasteiger partial charge in [-0.15, -0.1) is 0 Å². The van der Waals surface area contributed by atoms with Crippen LogP contribution in [0.25, 0.3) is 0 Å². The van der Waals surface area contributed by atoms with Crippen LogP contribution in [0.2, 0.25) is 0 Å². The lowest BCUT2D eigenvalue weighted by Gasteiger charge is -2.35. The number of Topliss-reactive ketones (excluding diaryl/α,β-unsaturated/α-hetero) is 1. The van der Waals surface area contributed by atoms with Gasteiger partial charge >= 0.3 is 6.18 Å². The van der Waals surface area contributed by atoms with E-state index in [2.05, 4.69) is 0 Å². The summed E-state index contributed by atoms with van der Waals surface area (Å²) in [6.45, 7) is 1.18. The van der Waals surface area contributed by atoms with Gasteiger partial charge in [-0.2, -0.15) is 18.7 Å². The first-order valence-electron chi connectivity index (χ1n) is 9.95. The largest absolute Gasteiger partial charge is 0.493 e. The molecule has 0 spiro atoms. The van der Waals surface area contributed by atoms with E-state index in [0.29, 0.717) is 31.9 Å². The molecular formula is C21H24F3N3O5S. The van der Waals surface area contributed by atoms with Crippen molar-refractivity contribution in [2.24, 2.45) is 0 Å². The zero-order valence-electron chi connectivity index (χ0n) is 18.0. The maximum absolute atomic E-state index is 13.4. The number of hydrogen-bond acceptors (Lipinski definition) is 7. The minimum atomic E-state index is -4.39. The van der Waals surface area contributed by atoms with Crippen molar-refractivity contribution < 1.29 is 36.9 Å². The second-order valence-corrected chi connectivity index (χ2v) is 8.60. The molecule has 1 aliphatic rings. The standard InChI is InChI=1S/C21H24F3N3O5S/c1-31-17-7-8-18(19(20(17)32-2)16(28)13-25-29)33(30)27-11-9-26(10-12-27)15-5-3-14(4-6-15)21(22,23)24/h3-8,25,29H,9-13H2,1-2H3. The molecule has 0 amide bonds. The van der Waals surface area contributed by atoms with E-state index in [1.165, 1.54) is 32.4 Å². The summed E-state index contributed by atoms with van der Waals surface area (Å²) in [5.74, 6) is -0.126. The quantitative estimate of drug-likeness (QED) is 0.437. The van der Waals surface area contributed by atoms with Gasteiger partial charge < -0.3 is 19.6 Å². The number of nitrogens with one attached hydrogen (secondary N) is 1. The molecule has 2 N–H and O–H groups in total. The fraction of sp³-hybridized carbons (Fsp3) is 0.381. The van der Waals surface area contributed by atoms with Crippen LogP contribution in [-0.2, 0) is 17.2 Å². The third-order valence-electron chi connectivity index (χ3n) is 5.25. The molecule has 2 aromatic carbocycles. The number of hydrogen-bond donors (Lipinski definition) is 2. The number of rotatable bonds is 8. The van der Waals surface area contributed by atoms with Crippen LogP contribution in [0.5, 0.6) is 11.5 Å². The van der Waals surface area contributed by atoms with Crippen molar-refractivity contribution >= 4 is 22.5 Å². The van der Waals surface area contributed by atoms with Crippen LogP contribution >= 0.6 is 0 Å². The zero-order valence-corrected chi connectivity index (χ0v) is 18.8. The SMILES string of the molecule is COc1ccc(S(=O)N2CCN(c3ccc(C(F)(F)F)cc3)CC2)c(C(=O)CNO)c1OC. The number of halogens is 3. The Balaban J connectivity index is 1.78. The second-order valence-electron chi connectivity index (χ2n) is 7.14. The van der Waals surface area contributed by atoms with E-state index in [9.17, 15) is 22.2 Å². The van der Waals surface area contributed by atoms with E-state index in [-0.39, 0.29) is 22.0 Å². The highest BCUT2D eigenvalue weighted by Gasteiger charge is 2.31. The Labute approximate surface area is 191 Å². The Hall–Kier alpha value is -2.67. The third kappa shape index (κ3) is 5.46. The fourth-order valence-electron chi connectivity index (χ4n) is 3.59. The number of ketones is 1. The smallest absolute Gasteiger partial charge is 0.416 e. The summed E-state index contributed by atoms with van der Waals surface area (Å²) in [5.41, 5.74) is 1.77. The predicted octanol–water partition coefficient (Wildman–Crippen LogP) is 2.73. The van der Waals surface area contributed by atoms with Crippen LogP contribution in [-0.4, -0.2) is 66.4 Å². The first-order chi connectivity index (χ1) is 15.7. The van der Waals surface area contributed by atoms with Crippen LogP contribution < -0.4 is 19.9 Å². The lowest BCUT2D eigenvalue weighted by molar-refractivity contribution is -0.137. The van der Waals surface area contributed by atoms with Gasteiger partial charge in [-0.3, -0.25) is 4.79 Å². The van der Waals surface area contributed by atoms with Gasteiger partial charge in [0, 0.05) is 31.9 Å². The molecule has 0 radical (unpaired) electrons. The van der Waals surface area contributed by atoms with E-state index >= 15 is 0 Å². The average Bonchev–Trinajstić information content (AvgIpc) is 2.82. The summed E-state index contributed by atoms with van der Waals surface area (Å²) in [5, 5.41) is 8.97. The number of anilines is 1. The van der Waals surface area contributed by atoms with Gasteiger partial charge in [-0.05, 0) is 36.4 Å². The van der Waals surface area contributed by atoms with Gasteiger partial charge in [0.2, 0.25) is 0 Å². The summed E-state index contributed by atoms with van der Waals surface area (Å²) >= 11 is 0. The minimum absolute atomic E-state index is 0.0434. The van der Waals surface area contributed by atoms with E-state index in [1.54, 1.807) is 15.9 Å². The molecular weight excluding hydrogens is 463 g/mol. The number of alkyl halides is 3. The molecule has 0 aliphatic carbocycles. The lowest BCUT2D eigenvalue weighted by atomic mass is 10.1. The first-order valence-corrected chi connectivity index (χ1v) is 11.1. The van der Waals surface area contributed by atoms with Crippen molar-refractivity contribution in [3.63, 3.8) is 0 Å². The van der Waals surface area contributed by atoms with Gasteiger partial charge in [0.15, 0.2) is 17.3 Å². The van der Waals surface area contributed by atoms with E-state index in [4.69, 9.17) is 14.7 Å². The number of methoxy groups -OCH3 is 2. The van der Waals surface area contributed by atoms with Crippen LogP contribution in [0.3, 0.4) is 0 Å². The molecule has 1 aliphatic heterocycles. The lowest BCUT2D eigenvalue weighted by Crippen LogP contribution is -2.47. The third-order valence-corrected chi connectivity index (χ3v) is 6.80. The molecule has 2 aromatic rings. The summed E-state index contributed by atoms with van der Waals surface area (Å²) in [6, 6.07) is 7.98. The topological polar surface area (TPSA) is 91.3 Å². The number of benzene rings is 2. The Bertz CT molecular complexity index is 1010. The highest BCUT2D eigenvalue weighted by atomic mass is 32.2. The molecule has 3 rings (SSSR count). The van der Waals surface area contributed by atoms with Gasteiger partial charge in [-0.1, -0.05) is 0 Å². The van der Waals surface area contributed by atoms with Crippen molar-refractivity contribution in [3.8, 4) is 11.5 Å². The number of hydroxylamine groups is 1. The van der Waals surface area contributed by atoms with Crippen LogP contribution in [0.1, 0.15) is 15.9 Å². The van der Waals surface area contributed by atoms with Crippen molar-refractivity contribution in [1.29, 1.82) is 0 Å². The van der Waals surface area contributed by atoms with Gasteiger partial charge in [0.25, 0.3) is 0 Å². The summed E-state index contributed by atoms with van der Waals surface area (Å²) in [7, 11) is 1.05. The molecule has 0 saturated carbocycles. The molecule has 1 atom stereocenters. The van der Waals surface area contributed by atoms with E-state index in [0.717, 1.165) is 12.1 Å². The summed E-state index contributed by atoms with van der Waals surface area (Å²) in [4.78, 5) is 14.8. The van der Waals surface area contributed by atoms with Crippen LogP contribution in [0.15, 0.2) is 41.3 Å².